The van der Waals surface area contributed by atoms with Gasteiger partial charge in [0.05, 0.1) is 11.7 Å². The number of halogens is 1. The second-order valence-corrected chi connectivity index (χ2v) is 6.97. The zero-order valence-electron chi connectivity index (χ0n) is 10.8. The SMILES string of the molecule is O=c1c2ccsc2ncn1CC1(CBr)CCCCC1. The van der Waals surface area contributed by atoms with Gasteiger partial charge in [0.25, 0.3) is 5.56 Å². The molecule has 1 saturated carbocycles. The highest BCUT2D eigenvalue weighted by atomic mass is 79.9. The quantitative estimate of drug-likeness (QED) is 0.796. The Labute approximate surface area is 124 Å². The lowest BCUT2D eigenvalue weighted by Gasteiger charge is -2.36. The van der Waals surface area contributed by atoms with Crippen LogP contribution in [0.15, 0.2) is 22.6 Å². The molecule has 0 bridgehead atoms. The van der Waals surface area contributed by atoms with Gasteiger partial charge >= 0.3 is 0 Å². The van der Waals surface area contributed by atoms with Gasteiger partial charge in [-0.3, -0.25) is 9.36 Å². The fourth-order valence-corrected chi connectivity index (χ4v) is 4.46. The molecule has 0 spiro atoms. The Morgan fingerprint density at radius 3 is 2.89 bits per heavy atom. The summed E-state index contributed by atoms with van der Waals surface area (Å²) in [4.78, 5) is 17.7. The third kappa shape index (κ3) is 2.50. The summed E-state index contributed by atoms with van der Waals surface area (Å²) in [6.07, 6.45) is 7.99. The Hall–Kier alpha value is -0.680. The smallest absolute Gasteiger partial charge is 0.262 e. The van der Waals surface area contributed by atoms with Crippen LogP contribution < -0.4 is 5.56 Å². The first-order valence-electron chi connectivity index (χ1n) is 6.73. The topological polar surface area (TPSA) is 34.9 Å². The highest BCUT2D eigenvalue weighted by Gasteiger charge is 2.31. The van der Waals surface area contributed by atoms with Crippen LogP contribution in [-0.4, -0.2) is 14.9 Å². The molecule has 3 rings (SSSR count). The fourth-order valence-electron chi connectivity index (χ4n) is 3.00. The van der Waals surface area contributed by atoms with Gasteiger partial charge in [-0.05, 0) is 29.7 Å². The minimum absolute atomic E-state index is 0.108. The van der Waals surface area contributed by atoms with Crippen molar-refractivity contribution >= 4 is 37.5 Å². The Morgan fingerprint density at radius 1 is 1.37 bits per heavy atom. The number of aromatic nitrogens is 2. The van der Waals surface area contributed by atoms with Gasteiger partial charge in [-0.25, -0.2) is 4.98 Å². The average Bonchev–Trinajstić information content (AvgIpc) is 2.92. The number of alkyl halides is 1. The van der Waals surface area contributed by atoms with E-state index < -0.39 is 0 Å². The van der Waals surface area contributed by atoms with Crippen LogP contribution in [0, 0.1) is 5.41 Å². The Balaban J connectivity index is 1.95. The van der Waals surface area contributed by atoms with E-state index in [1.165, 1.54) is 43.4 Å². The molecular formula is C14H17BrN2OS. The van der Waals surface area contributed by atoms with Gasteiger partial charge in [0.15, 0.2) is 0 Å². The van der Waals surface area contributed by atoms with E-state index in [1.807, 2.05) is 16.0 Å². The van der Waals surface area contributed by atoms with Gasteiger partial charge in [-0.1, -0.05) is 35.2 Å². The van der Waals surface area contributed by atoms with Crippen LogP contribution in [0.2, 0.25) is 0 Å². The second-order valence-electron chi connectivity index (χ2n) is 5.51. The van der Waals surface area contributed by atoms with Crippen LogP contribution >= 0.6 is 27.3 Å². The number of thiophene rings is 1. The molecule has 0 aromatic carbocycles. The largest absolute Gasteiger partial charge is 0.298 e. The molecule has 1 aliphatic carbocycles. The molecule has 1 aliphatic rings. The van der Waals surface area contributed by atoms with Crippen molar-refractivity contribution in [1.82, 2.24) is 9.55 Å². The number of fused-ring (bicyclic) bond motifs is 1. The third-order valence-corrected chi connectivity index (χ3v) is 6.16. The maximum absolute atomic E-state index is 12.4. The molecule has 2 aromatic rings. The highest BCUT2D eigenvalue weighted by molar-refractivity contribution is 9.09. The lowest BCUT2D eigenvalue weighted by Crippen LogP contribution is -2.35. The zero-order valence-corrected chi connectivity index (χ0v) is 13.2. The summed E-state index contributed by atoms with van der Waals surface area (Å²) in [6.45, 7) is 0.788. The first-order valence-corrected chi connectivity index (χ1v) is 8.73. The minimum Gasteiger partial charge on any atom is -0.298 e. The van der Waals surface area contributed by atoms with E-state index in [9.17, 15) is 4.79 Å². The average molecular weight is 341 g/mol. The Bertz CT molecular complexity index is 628. The molecule has 0 aliphatic heterocycles. The first kappa shape index (κ1) is 13.3. The van der Waals surface area contributed by atoms with Crippen LogP contribution in [-0.2, 0) is 6.54 Å². The molecule has 0 radical (unpaired) electrons. The van der Waals surface area contributed by atoms with E-state index in [4.69, 9.17) is 0 Å². The van der Waals surface area contributed by atoms with Gasteiger partial charge < -0.3 is 0 Å². The van der Waals surface area contributed by atoms with Crippen molar-refractivity contribution in [3.05, 3.63) is 28.1 Å². The first-order chi connectivity index (χ1) is 9.24. The maximum atomic E-state index is 12.4. The van der Waals surface area contributed by atoms with Crippen molar-refractivity contribution in [2.45, 2.75) is 38.6 Å². The van der Waals surface area contributed by atoms with E-state index in [2.05, 4.69) is 20.9 Å². The molecule has 2 aromatic heterocycles. The monoisotopic (exact) mass is 340 g/mol. The minimum atomic E-state index is 0.108. The van der Waals surface area contributed by atoms with Crippen LogP contribution in [0.3, 0.4) is 0 Å². The van der Waals surface area contributed by atoms with E-state index in [1.54, 1.807) is 6.33 Å². The molecular weight excluding hydrogens is 324 g/mol. The lowest BCUT2D eigenvalue weighted by atomic mass is 9.75. The molecule has 102 valence electrons. The van der Waals surface area contributed by atoms with Crippen LogP contribution in [0.25, 0.3) is 10.2 Å². The van der Waals surface area contributed by atoms with Gasteiger partial charge in [0.2, 0.25) is 0 Å². The van der Waals surface area contributed by atoms with Crippen molar-refractivity contribution in [3.63, 3.8) is 0 Å². The summed E-state index contributed by atoms with van der Waals surface area (Å²) in [6, 6.07) is 1.88. The van der Waals surface area contributed by atoms with Crippen molar-refractivity contribution in [3.8, 4) is 0 Å². The van der Waals surface area contributed by atoms with Crippen molar-refractivity contribution in [2.75, 3.05) is 5.33 Å². The van der Waals surface area contributed by atoms with Crippen molar-refractivity contribution < 1.29 is 0 Å². The van der Waals surface area contributed by atoms with Gasteiger partial charge in [-0.15, -0.1) is 11.3 Å². The van der Waals surface area contributed by atoms with Crippen LogP contribution in [0.1, 0.15) is 32.1 Å². The van der Waals surface area contributed by atoms with Gasteiger partial charge in [0, 0.05) is 11.9 Å². The van der Waals surface area contributed by atoms with E-state index in [0.29, 0.717) is 0 Å². The third-order valence-electron chi connectivity index (χ3n) is 4.15. The fraction of sp³-hybridized carbons (Fsp3) is 0.571. The number of hydrogen-bond acceptors (Lipinski definition) is 3. The molecule has 2 heterocycles. The summed E-state index contributed by atoms with van der Waals surface area (Å²) < 4.78 is 1.81. The molecule has 0 N–H and O–H groups in total. The molecule has 1 fully saturated rings. The van der Waals surface area contributed by atoms with Crippen LogP contribution in [0.4, 0.5) is 0 Å². The maximum Gasteiger partial charge on any atom is 0.262 e. The Kier molecular flexibility index (Phi) is 3.76. The van der Waals surface area contributed by atoms with Crippen LogP contribution in [0.5, 0.6) is 0 Å². The standard InChI is InChI=1S/C14H17BrN2OS/c15-8-14(5-2-1-3-6-14)9-17-10-16-12-11(13(17)18)4-7-19-12/h4,7,10H,1-3,5-6,8-9H2. The molecule has 5 heteroatoms. The van der Waals surface area contributed by atoms with Crippen molar-refractivity contribution in [2.24, 2.45) is 5.41 Å². The summed E-state index contributed by atoms with van der Waals surface area (Å²) in [5.41, 5.74) is 0.338. The molecule has 3 nitrogen and oxygen atoms in total. The number of rotatable bonds is 3. The van der Waals surface area contributed by atoms with Gasteiger partial charge in [0.1, 0.15) is 4.83 Å². The summed E-state index contributed by atoms with van der Waals surface area (Å²) in [5, 5.41) is 3.66. The zero-order chi connectivity index (χ0) is 13.3. The lowest BCUT2D eigenvalue weighted by molar-refractivity contribution is 0.188. The second kappa shape index (κ2) is 5.37. The normalized spacial score (nSPS) is 18.8. The predicted molar refractivity (Wildman–Crippen MR) is 83.2 cm³/mol. The van der Waals surface area contributed by atoms with E-state index in [0.717, 1.165) is 22.1 Å². The number of nitrogens with zero attached hydrogens (tertiary/aromatic N) is 2. The molecule has 0 amide bonds. The molecule has 0 atom stereocenters. The summed E-state index contributed by atoms with van der Waals surface area (Å²) in [5.74, 6) is 0. The highest BCUT2D eigenvalue weighted by Crippen LogP contribution is 2.39. The van der Waals surface area contributed by atoms with E-state index >= 15 is 0 Å². The predicted octanol–water partition coefficient (Wildman–Crippen LogP) is 3.80. The van der Waals surface area contributed by atoms with Crippen molar-refractivity contribution in [1.29, 1.82) is 0 Å². The Morgan fingerprint density at radius 2 is 2.16 bits per heavy atom. The number of hydrogen-bond donors (Lipinski definition) is 0. The summed E-state index contributed by atoms with van der Waals surface area (Å²) in [7, 11) is 0. The molecule has 0 unspecified atom stereocenters. The molecule has 19 heavy (non-hydrogen) atoms. The molecule has 0 saturated heterocycles. The van der Waals surface area contributed by atoms with Gasteiger partial charge in [-0.2, -0.15) is 0 Å². The summed E-state index contributed by atoms with van der Waals surface area (Å²) >= 11 is 5.19. The van der Waals surface area contributed by atoms with E-state index in [-0.39, 0.29) is 11.0 Å².